The quantitative estimate of drug-likeness (QED) is 0.701. The Morgan fingerprint density at radius 2 is 2.00 bits per heavy atom. The van der Waals surface area contributed by atoms with Gasteiger partial charge in [0.15, 0.2) is 0 Å². The van der Waals surface area contributed by atoms with E-state index in [-0.39, 0.29) is 0 Å². The van der Waals surface area contributed by atoms with Crippen molar-refractivity contribution in [2.75, 3.05) is 19.6 Å². The van der Waals surface area contributed by atoms with E-state index in [0.717, 1.165) is 50.5 Å². The fourth-order valence-corrected chi connectivity index (χ4v) is 6.22. The summed E-state index contributed by atoms with van der Waals surface area (Å²) in [7, 11) is 0. The summed E-state index contributed by atoms with van der Waals surface area (Å²) in [6, 6.07) is 10.8. The van der Waals surface area contributed by atoms with Crippen molar-refractivity contribution in [3.8, 4) is 0 Å². The Balaban J connectivity index is 1.36. The third kappa shape index (κ3) is 3.40. The first-order valence-electron chi connectivity index (χ1n) is 10.5. The molecule has 148 valence electrons. The lowest BCUT2D eigenvalue weighted by atomic mass is 9.82. The molecule has 0 radical (unpaired) electrons. The zero-order valence-electron chi connectivity index (χ0n) is 16.1. The van der Waals surface area contributed by atoms with Crippen molar-refractivity contribution in [2.24, 2.45) is 11.8 Å². The molecule has 2 aromatic rings. The van der Waals surface area contributed by atoms with Gasteiger partial charge in [0.05, 0.1) is 0 Å². The molecule has 3 nitrogen and oxygen atoms in total. The van der Waals surface area contributed by atoms with Crippen LogP contribution in [0.25, 0.3) is 0 Å². The van der Waals surface area contributed by atoms with Crippen LogP contribution in [0.3, 0.4) is 0 Å². The highest BCUT2D eigenvalue weighted by Gasteiger charge is 2.48. The molecule has 1 aromatic heterocycles. The molecule has 1 aromatic carbocycles. The highest BCUT2D eigenvalue weighted by molar-refractivity contribution is 7.08. The fourth-order valence-electron chi connectivity index (χ4n) is 5.30. The summed E-state index contributed by atoms with van der Waals surface area (Å²) in [6.45, 7) is 3.89. The van der Waals surface area contributed by atoms with Crippen molar-refractivity contribution >= 4 is 28.8 Å². The molecule has 3 atom stereocenters. The van der Waals surface area contributed by atoms with E-state index in [1.807, 2.05) is 12.1 Å². The minimum absolute atomic E-state index is 0.294. The Hall–Kier alpha value is -1.36. The van der Waals surface area contributed by atoms with Gasteiger partial charge in [-0.25, -0.2) is 0 Å². The predicted molar refractivity (Wildman–Crippen MR) is 115 cm³/mol. The van der Waals surface area contributed by atoms with Crippen LogP contribution in [0.5, 0.6) is 0 Å². The topological polar surface area (TPSA) is 23.6 Å². The summed E-state index contributed by atoms with van der Waals surface area (Å²) in [5, 5.41) is 5.31. The number of halogens is 1. The lowest BCUT2D eigenvalue weighted by molar-refractivity contribution is -0.140. The van der Waals surface area contributed by atoms with Crippen molar-refractivity contribution in [1.82, 2.24) is 9.80 Å². The minimum atomic E-state index is 0.294. The van der Waals surface area contributed by atoms with Crippen LogP contribution >= 0.6 is 22.9 Å². The molecular formula is C23H27ClN2OS. The van der Waals surface area contributed by atoms with Gasteiger partial charge < -0.3 is 4.90 Å². The minimum Gasteiger partial charge on any atom is -0.338 e. The largest absolute Gasteiger partial charge is 0.338 e. The number of amides is 1. The highest BCUT2D eigenvalue weighted by Crippen LogP contribution is 2.44. The summed E-state index contributed by atoms with van der Waals surface area (Å²) < 4.78 is 0. The normalized spacial score (nSPS) is 28.2. The van der Waals surface area contributed by atoms with Gasteiger partial charge in [-0.2, -0.15) is 11.3 Å². The van der Waals surface area contributed by atoms with Crippen LogP contribution in [0.1, 0.15) is 42.7 Å². The van der Waals surface area contributed by atoms with Gasteiger partial charge in [0.2, 0.25) is 5.91 Å². The van der Waals surface area contributed by atoms with Gasteiger partial charge in [0.1, 0.15) is 0 Å². The Kier molecular flexibility index (Phi) is 5.20. The van der Waals surface area contributed by atoms with E-state index in [4.69, 9.17) is 11.6 Å². The molecule has 1 aliphatic carbocycles. The van der Waals surface area contributed by atoms with E-state index in [9.17, 15) is 4.79 Å². The van der Waals surface area contributed by atoms with Crippen LogP contribution in [0.15, 0.2) is 41.1 Å². The summed E-state index contributed by atoms with van der Waals surface area (Å²) >= 11 is 8.18. The van der Waals surface area contributed by atoms with Crippen LogP contribution in [-0.4, -0.2) is 41.4 Å². The van der Waals surface area contributed by atoms with Gasteiger partial charge >= 0.3 is 0 Å². The summed E-state index contributed by atoms with van der Waals surface area (Å²) in [5.41, 5.74) is 2.62. The molecular weight excluding hydrogens is 388 g/mol. The van der Waals surface area contributed by atoms with Gasteiger partial charge in [-0.05, 0) is 53.3 Å². The van der Waals surface area contributed by atoms with Crippen LogP contribution in [-0.2, 0) is 11.3 Å². The van der Waals surface area contributed by atoms with E-state index in [0.29, 0.717) is 29.7 Å². The Morgan fingerprint density at radius 3 is 2.71 bits per heavy atom. The van der Waals surface area contributed by atoms with Gasteiger partial charge in [-0.3, -0.25) is 9.69 Å². The van der Waals surface area contributed by atoms with Gasteiger partial charge in [0, 0.05) is 55.0 Å². The second-order valence-corrected chi connectivity index (χ2v) is 9.82. The summed E-state index contributed by atoms with van der Waals surface area (Å²) in [6.07, 6.45) is 4.48. The molecule has 1 saturated carbocycles. The van der Waals surface area contributed by atoms with Gasteiger partial charge in [-0.15, -0.1) is 0 Å². The number of hydrogen-bond acceptors (Lipinski definition) is 3. The van der Waals surface area contributed by atoms with Gasteiger partial charge in [0.25, 0.3) is 0 Å². The van der Waals surface area contributed by atoms with Crippen LogP contribution in [0.4, 0.5) is 0 Å². The molecule has 0 unspecified atom stereocenters. The number of benzene rings is 1. The Morgan fingerprint density at radius 1 is 1.14 bits per heavy atom. The molecule has 0 N–H and O–H groups in total. The van der Waals surface area contributed by atoms with Crippen molar-refractivity contribution in [3.05, 3.63) is 57.2 Å². The number of fused-ring (bicyclic) bond motifs is 1. The molecule has 28 heavy (non-hydrogen) atoms. The van der Waals surface area contributed by atoms with Crippen LogP contribution < -0.4 is 0 Å². The number of thiophene rings is 1. The predicted octanol–water partition coefficient (Wildman–Crippen LogP) is 5.02. The standard InChI is InChI=1S/C23H27ClN2OS/c24-21-7-2-1-4-17(21)12-25-10-8-22-20(13-25)19(18-9-11-28-15-18)14-26(22)23(27)16-5-3-6-16/h1-2,4,7,9,11,15-16,19-20,22H,3,5-6,8,10,12-14H2/t19-,20-,22-/m0/s1. The maximum atomic E-state index is 13.1. The molecule has 3 fully saturated rings. The monoisotopic (exact) mass is 414 g/mol. The van der Waals surface area contributed by atoms with Crippen molar-refractivity contribution < 1.29 is 4.79 Å². The average Bonchev–Trinajstić information content (AvgIpc) is 3.29. The number of carbonyl (C=O) groups excluding carboxylic acids is 1. The zero-order chi connectivity index (χ0) is 19.1. The van der Waals surface area contributed by atoms with E-state index in [2.05, 4.69) is 38.8 Å². The molecule has 0 bridgehead atoms. The SMILES string of the molecule is O=C(C1CCC1)N1C[C@@H](c2ccsc2)[C@@H]2CN(Cc3ccccc3Cl)CC[C@@H]21. The lowest BCUT2D eigenvalue weighted by Crippen LogP contribution is -2.49. The fraction of sp³-hybridized carbons (Fsp3) is 0.522. The lowest BCUT2D eigenvalue weighted by Gasteiger charge is -2.40. The second kappa shape index (κ2) is 7.81. The van der Waals surface area contributed by atoms with Crippen molar-refractivity contribution in [2.45, 2.75) is 44.2 Å². The first-order valence-corrected chi connectivity index (χ1v) is 11.8. The molecule has 3 heterocycles. The molecule has 0 spiro atoms. The third-order valence-corrected chi connectivity index (χ3v) is 8.15. The first-order chi connectivity index (χ1) is 13.7. The number of piperidine rings is 1. The first kappa shape index (κ1) is 18.7. The number of carbonyl (C=O) groups is 1. The van der Waals surface area contributed by atoms with E-state index < -0.39 is 0 Å². The molecule has 2 aliphatic heterocycles. The molecule has 5 rings (SSSR count). The van der Waals surface area contributed by atoms with E-state index in [1.54, 1.807) is 11.3 Å². The molecule has 5 heteroatoms. The molecule has 2 saturated heterocycles. The number of nitrogens with zero attached hydrogens (tertiary/aromatic N) is 2. The Bertz CT molecular complexity index is 835. The summed E-state index contributed by atoms with van der Waals surface area (Å²) in [5.74, 6) is 1.71. The number of rotatable bonds is 4. The summed E-state index contributed by atoms with van der Waals surface area (Å²) in [4.78, 5) is 17.9. The molecule has 3 aliphatic rings. The van der Waals surface area contributed by atoms with E-state index in [1.165, 1.54) is 17.5 Å². The maximum absolute atomic E-state index is 13.1. The maximum Gasteiger partial charge on any atom is 0.225 e. The highest BCUT2D eigenvalue weighted by atomic mass is 35.5. The Labute approximate surface area is 176 Å². The second-order valence-electron chi connectivity index (χ2n) is 8.63. The smallest absolute Gasteiger partial charge is 0.225 e. The van der Waals surface area contributed by atoms with Crippen molar-refractivity contribution in [3.63, 3.8) is 0 Å². The number of hydrogen-bond donors (Lipinski definition) is 0. The van der Waals surface area contributed by atoms with Gasteiger partial charge in [-0.1, -0.05) is 36.2 Å². The zero-order valence-corrected chi connectivity index (χ0v) is 17.7. The van der Waals surface area contributed by atoms with Crippen LogP contribution in [0.2, 0.25) is 5.02 Å². The van der Waals surface area contributed by atoms with Crippen molar-refractivity contribution in [1.29, 1.82) is 0 Å². The number of likely N-dealkylation sites (tertiary alicyclic amines) is 2. The molecule has 1 amide bonds. The third-order valence-electron chi connectivity index (χ3n) is 7.08. The average molecular weight is 415 g/mol. The van der Waals surface area contributed by atoms with E-state index >= 15 is 0 Å². The van der Waals surface area contributed by atoms with Crippen LogP contribution in [0, 0.1) is 11.8 Å².